The molecule has 0 saturated heterocycles. The Morgan fingerprint density at radius 1 is 1.05 bits per heavy atom. The Labute approximate surface area is 130 Å². The largest absolute Gasteiger partial charge is 0.311 e. The first-order valence-electron chi connectivity index (χ1n) is 8.77. The van der Waals surface area contributed by atoms with Crippen molar-refractivity contribution in [3.05, 3.63) is 47.0 Å². The van der Waals surface area contributed by atoms with Crippen LogP contribution in [0.4, 0.5) is 0 Å². The molecule has 1 aliphatic carbocycles. The number of allylic oxidation sites excluding steroid dienone is 1. The smallest absolute Gasteiger partial charge is 0.0282 e. The monoisotopic (exact) mass is 285 g/mol. The van der Waals surface area contributed by atoms with E-state index in [-0.39, 0.29) is 0 Å². The highest BCUT2D eigenvalue weighted by molar-refractivity contribution is 5.22. The molecule has 1 heteroatoms. The van der Waals surface area contributed by atoms with Crippen LogP contribution in [-0.4, -0.2) is 12.6 Å². The molecule has 0 bridgehead atoms. The Kier molecular flexibility index (Phi) is 7.02. The van der Waals surface area contributed by atoms with Crippen LogP contribution in [0.3, 0.4) is 0 Å². The van der Waals surface area contributed by atoms with Gasteiger partial charge in [0.05, 0.1) is 0 Å². The maximum atomic E-state index is 3.71. The van der Waals surface area contributed by atoms with E-state index >= 15 is 0 Å². The van der Waals surface area contributed by atoms with Gasteiger partial charge < -0.3 is 5.32 Å². The fourth-order valence-corrected chi connectivity index (χ4v) is 3.26. The van der Waals surface area contributed by atoms with Gasteiger partial charge in [-0.15, -0.1) is 0 Å². The van der Waals surface area contributed by atoms with Crippen molar-refractivity contribution in [3.8, 4) is 0 Å². The lowest BCUT2D eigenvalue weighted by molar-refractivity contribution is 0.513. The molecule has 0 spiro atoms. The molecule has 1 atom stereocenters. The third kappa shape index (κ3) is 5.67. The van der Waals surface area contributed by atoms with Gasteiger partial charge in [0, 0.05) is 6.04 Å². The molecule has 0 aromatic heterocycles. The second-order valence-electron chi connectivity index (χ2n) is 6.37. The molecular formula is C20H31N. The molecular weight excluding hydrogens is 254 g/mol. The summed E-state index contributed by atoms with van der Waals surface area (Å²) in [6, 6.07) is 9.60. The number of rotatable bonds is 6. The third-order valence-corrected chi connectivity index (χ3v) is 4.57. The van der Waals surface area contributed by atoms with E-state index in [0.717, 1.165) is 6.54 Å². The van der Waals surface area contributed by atoms with Crippen LogP contribution < -0.4 is 5.32 Å². The fourth-order valence-electron chi connectivity index (χ4n) is 3.26. The molecule has 116 valence electrons. The first-order chi connectivity index (χ1) is 10.3. The average molecular weight is 285 g/mol. The van der Waals surface area contributed by atoms with Crippen LogP contribution in [0.25, 0.3) is 0 Å². The number of nitrogens with one attached hydrogen (secondary N) is 1. The third-order valence-electron chi connectivity index (χ3n) is 4.57. The maximum absolute atomic E-state index is 3.71. The molecule has 0 heterocycles. The summed E-state index contributed by atoms with van der Waals surface area (Å²) in [5, 5.41) is 3.71. The molecule has 0 aliphatic heterocycles. The minimum absolute atomic E-state index is 0.578. The Bertz CT molecular complexity index is 430. The van der Waals surface area contributed by atoms with Crippen LogP contribution in [0.2, 0.25) is 0 Å². The quantitative estimate of drug-likeness (QED) is 0.710. The maximum Gasteiger partial charge on any atom is 0.0282 e. The highest BCUT2D eigenvalue weighted by Gasteiger charge is 2.14. The van der Waals surface area contributed by atoms with E-state index in [1.807, 2.05) is 0 Å². The molecule has 1 nitrogen and oxygen atoms in total. The first-order valence-corrected chi connectivity index (χ1v) is 8.77. The number of likely N-dealkylation sites (N-methyl/N-ethyl adjacent to an activating group) is 1. The Morgan fingerprint density at radius 2 is 1.81 bits per heavy atom. The van der Waals surface area contributed by atoms with Gasteiger partial charge in [-0.3, -0.25) is 0 Å². The summed E-state index contributed by atoms with van der Waals surface area (Å²) in [5.74, 6) is 0. The molecule has 1 N–H and O–H groups in total. The highest BCUT2D eigenvalue weighted by atomic mass is 14.9. The summed E-state index contributed by atoms with van der Waals surface area (Å²) < 4.78 is 0. The van der Waals surface area contributed by atoms with Gasteiger partial charge in [-0.1, -0.05) is 61.2 Å². The van der Waals surface area contributed by atoms with Gasteiger partial charge in [-0.05, 0) is 57.6 Å². The molecule has 0 fully saturated rings. The molecule has 2 rings (SSSR count). The second-order valence-corrected chi connectivity index (χ2v) is 6.37. The van der Waals surface area contributed by atoms with E-state index in [0.29, 0.717) is 6.04 Å². The summed E-state index contributed by atoms with van der Waals surface area (Å²) in [6.45, 7) is 5.45. The zero-order valence-corrected chi connectivity index (χ0v) is 13.8. The number of aryl methyl sites for hydroxylation is 2. The summed E-state index contributed by atoms with van der Waals surface area (Å²) in [4.78, 5) is 0. The molecule has 1 aliphatic rings. The lowest BCUT2D eigenvalue weighted by atomic mass is 9.91. The normalized spacial score (nSPS) is 20.2. The first kappa shape index (κ1) is 16.3. The van der Waals surface area contributed by atoms with Crippen LogP contribution >= 0.6 is 0 Å². The van der Waals surface area contributed by atoms with E-state index in [4.69, 9.17) is 0 Å². The van der Waals surface area contributed by atoms with Gasteiger partial charge in [0.15, 0.2) is 0 Å². The van der Waals surface area contributed by atoms with Crippen molar-refractivity contribution in [3.63, 3.8) is 0 Å². The Morgan fingerprint density at radius 3 is 2.57 bits per heavy atom. The lowest BCUT2D eigenvalue weighted by Crippen LogP contribution is -2.31. The van der Waals surface area contributed by atoms with Crippen LogP contribution in [0.15, 0.2) is 35.9 Å². The van der Waals surface area contributed by atoms with Gasteiger partial charge in [-0.25, -0.2) is 0 Å². The van der Waals surface area contributed by atoms with E-state index in [2.05, 4.69) is 49.5 Å². The van der Waals surface area contributed by atoms with Crippen LogP contribution in [0, 0.1) is 6.92 Å². The van der Waals surface area contributed by atoms with Crippen molar-refractivity contribution >= 4 is 0 Å². The second kappa shape index (κ2) is 9.04. The van der Waals surface area contributed by atoms with Crippen LogP contribution in [0.5, 0.6) is 0 Å². The van der Waals surface area contributed by atoms with Crippen LogP contribution in [0.1, 0.15) is 63.0 Å². The van der Waals surface area contributed by atoms with Crippen molar-refractivity contribution in [1.82, 2.24) is 5.32 Å². The summed E-state index contributed by atoms with van der Waals surface area (Å²) in [7, 11) is 0. The summed E-state index contributed by atoms with van der Waals surface area (Å²) in [5.41, 5.74) is 4.49. The predicted molar refractivity (Wildman–Crippen MR) is 92.7 cm³/mol. The van der Waals surface area contributed by atoms with Crippen molar-refractivity contribution in [1.29, 1.82) is 0 Å². The molecule has 1 aromatic carbocycles. The molecule has 0 saturated carbocycles. The van der Waals surface area contributed by atoms with Gasteiger partial charge in [0.2, 0.25) is 0 Å². The van der Waals surface area contributed by atoms with Crippen molar-refractivity contribution in [2.45, 2.75) is 71.3 Å². The van der Waals surface area contributed by atoms with Gasteiger partial charge in [0.25, 0.3) is 0 Å². The van der Waals surface area contributed by atoms with Gasteiger partial charge >= 0.3 is 0 Å². The summed E-state index contributed by atoms with van der Waals surface area (Å²) in [6.07, 6.45) is 13.1. The summed E-state index contributed by atoms with van der Waals surface area (Å²) >= 11 is 0. The number of hydrogen-bond acceptors (Lipinski definition) is 1. The molecule has 0 amide bonds. The minimum Gasteiger partial charge on any atom is -0.311 e. The Hall–Kier alpha value is -1.08. The lowest BCUT2D eigenvalue weighted by Gasteiger charge is -2.23. The van der Waals surface area contributed by atoms with E-state index < -0.39 is 0 Å². The standard InChI is InChI=1S/C20H31N/c1-3-21-20(19-9-7-5-4-6-8-10-19)16-15-18-13-11-17(2)12-14-18/h9,11-14,20-21H,3-8,10,15-16H2,1-2H3/b19-9+. The highest BCUT2D eigenvalue weighted by Crippen LogP contribution is 2.22. The van der Waals surface area contributed by atoms with Gasteiger partial charge in [0.1, 0.15) is 0 Å². The van der Waals surface area contributed by atoms with Crippen molar-refractivity contribution < 1.29 is 0 Å². The molecule has 21 heavy (non-hydrogen) atoms. The number of benzene rings is 1. The van der Waals surface area contributed by atoms with Crippen molar-refractivity contribution in [2.24, 2.45) is 0 Å². The zero-order valence-electron chi connectivity index (χ0n) is 13.8. The Balaban J connectivity index is 1.95. The zero-order chi connectivity index (χ0) is 14.9. The van der Waals surface area contributed by atoms with E-state index in [1.165, 1.54) is 62.5 Å². The van der Waals surface area contributed by atoms with Crippen LogP contribution in [-0.2, 0) is 6.42 Å². The fraction of sp³-hybridized carbons (Fsp3) is 0.600. The average Bonchev–Trinajstić information content (AvgIpc) is 2.45. The SMILES string of the molecule is CCNC(CCc1ccc(C)cc1)/C1=C/CCCCCC1. The van der Waals surface area contributed by atoms with Gasteiger partial charge in [-0.2, -0.15) is 0 Å². The molecule has 0 radical (unpaired) electrons. The molecule has 1 aromatic rings. The molecule has 1 unspecified atom stereocenters. The van der Waals surface area contributed by atoms with Crippen molar-refractivity contribution in [2.75, 3.05) is 6.54 Å². The van der Waals surface area contributed by atoms with E-state index in [9.17, 15) is 0 Å². The number of hydrogen-bond donors (Lipinski definition) is 1. The topological polar surface area (TPSA) is 12.0 Å². The van der Waals surface area contributed by atoms with E-state index in [1.54, 1.807) is 5.57 Å². The minimum atomic E-state index is 0.578. The predicted octanol–water partition coefficient (Wildman–Crippen LogP) is 5.19.